The summed E-state index contributed by atoms with van der Waals surface area (Å²) >= 11 is 5.88. The number of nitriles is 1. The number of anilines is 1. The fourth-order valence-corrected chi connectivity index (χ4v) is 2.74. The lowest BCUT2D eigenvalue weighted by atomic mass is 10.0. The molecule has 0 saturated heterocycles. The van der Waals surface area contributed by atoms with Crippen molar-refractivity contribution < 1.29 is 4.79 Å². The average molecular weight is 277 g/mol. The van der Waals surface area contributed by atoms with Crippen molar-refractivity contribution in [3.63, 3.8) is 0 Å². The maximum absolute atomic E-state index is 11.9. The molecular formula is C15H17ClN2O. The second kappa shape index (κ2) is 6.58. The van der Waals surface area contributed by atoms with Gasteiger partial charge in [0.25, 0.3) is 0 Å². The number of hydrogen-bond acceptors (Lipinski definition) is 2. The van der Waals surface area contributed by atoms with Crippen molar-refractivity contribution in [1.29, 1.82) is 5.26 Å². The number of amides is 1. The van der Waals surface area contributed by atoms with Crippen LogP contribution in [0.3, 0.4) is 0 Å². The van der Waals surface area contributed by atoms with Gasteiger partial charge in [-0.15, -0.1) is 0 Å². The number of carbonyl (C=O) groups excluding carboxylic acids is 1. The van der Waals surface area contributed by atoms with E-state index in [0.717, 1.165) is 6.42 Å². The number of hydrogen-bond donors (Lipinski definition) is 1. The molecule has 4 heteroatoms. The minimum absolute atomic E-state index is 0.0364. The lowest BCUT2D eigenvalue weighted by molar-refractivity contribution is -0.116. The van der Waals surface area contributed by atoms with Crippen molar-refractivity contribution >= 4 is 23.2 Å². The fourth-order valence-electron chi connectivity index (χ4n) is 2.56. The molecule has 1 N–H and O–H groups in total. The summed E-state index contributed by atoms with van der Waals surface area (Å²) < 4.78 is 0. The van der Waals surface area contributed by atoms with Crippen LogP contribution >= 0.6 is 11.6 Å². The number of nitrogens with one attached hydrogen (secondary N) is 1. The van der Waals surface area contributed by atoms with Crippen LogP contribution in [0, 0.1) is 17.2 Å². The van der Waals surface area contributed by atoms with Crippen LogP contribution in [0.25, 0.3) is 0 Å². The van der Waals surface area contributed by atoms with Crippen molar-refractivity contribution in [2.45, 2.75) is 38.5 Å². The van der Waals surface area contributed by atoms with E-state index >= 15 is 0 Å². The van der Waals surface area contributed by atoms with Crippen molar-refractivity contribution in [2.24, 2.45) is 5.92 Å². The summed E-state index contributed by atoms with van der Waals surface area (Å²) in [5.41, 5.74) is 0.949. The first-order chi connectivity index (χ1) is 9.19. The van der Waals surface area contributed by atoms with Gasteiger partial charge in [0.05, 0.1) is 11.3 Å². The zero-order valence-corrected chi connectivity index (χ0v) is 11.5. The molecule has 0 radical (unpaired) electrons. The van der Waals surface area contributed by atoms with E-state index in [-0.39, 0.29) is 5.91 Å². The maximum atomic E-state index is 11.9. The lowest BCUT2D eigenvalue weighted by Gasteiger charge is -2.10. The summed E-state index contributed by atoms with van der Waals surface area (Å²) in [6, 6.07) is 6.94. The quantitative estimate of drug-likeness (QED) is 0.899. The molecule has 1 fully saturated rings. The van der Waals surface area contributed by atoms with Crippen molar-refractivity contribution in [3.8, 4) is 6.07 Å². The molecule has 0 aliphatic heterocycles. The Morgan fingerprint density at radius 3 is 2.84 bits per heavy atom. The Kier molecular flexibility index (Phi) is 4.81. The molecule has 0 bridgehead atoms. The summed E-state index contributed by atoms with van der Waals surface area (Å²) in [5, 5.41) is 12.3. The van der Waals surface area contributed by atoms with Gasteiger partial charge in [0.1, 0.15) is 6.07 Å². The van der Waals surface area contributed by atoms with E-state index in [9.17, 15) is 4.79 Å². The summed E-state index contributed by atoms with van der Waals surface area (Å²) in [5.74, 6) is 0.659. The van der Waals surface area contributed by atoms with Crippen molar-refractivity contribution in [1.82, 2.24) is 0 Å². The minimum Gasteiger partial charge on any atom is -0.325 e. The van der Waals surface area contributed by atoms with Gasteiger partial charge in [0, 0.05) is 11.4 Å². The first-order valence-corrected chi connectivity index (χ1v) is 7.06. The van der Waals surface area contributed by atoms with Crippen LogP contribution in [0.2, 0.25) is 5.02 Å². The molecule has 1 aromatic rings. The van der Waals surface area contributed by atoms with Gasteiger partial charge < -0.3 is 5.32 Å². The third-order valence-corrected chi connectivity index (χ3v) is 3.87. The molecule has 1 saturated carbocycles. The number of nitrogens with zero attached hydrogens (tertiary/aromatic N) is 1. The van der Waals surface area contributed by atoms with Crippen molar-refractivity contribution in [2.75, 3.05) is 5.32 Å². The highest BCUT2D eigenvalue weighted by atomic mass is 35.5. The van der Waals surface area contributed by atoms with Crippen LogP contribution in [-0.4, -0.2) is 5.91 Å². The largest absolute Gasteiger partial charge is 0.325 e. The number of rotatable bonds is 4. The minimum atomic E-state index is -0.0364. The molecular weight excluding hydrogens is 260 g/mol. The van der Waals surface area contributed by atoms with Gasteiger partial charge in [-0.1, -0.05) is 37.3 Å². The van der Waals surface area contributed by atoms with Crippen LogP contribution in [-0.2, 0) is 4.79 Å². The molecule has 0 unspecified atom stereocenters. The normalized spacial score (nSPS) is 15.2. The second-order valence-corrected chi connectivity index (χ2v) is 5.48. The Morgan fingerprint density at radius 2 is 2.16 bits per heavy atom. The van der Waals surface area contributed by atoms with Gasteiger partial charge >= 0.3 is 0 Å². The Morgan fingerprint density at radius 1 is 1.42 bits per heavy atom. The SMILES string of the molecule is N#Cc1ccc(Cl)cc1NC(=O)CCC1CCCC1. The molecule has 1 amide bonds. The first kappa shape index (κ1) is 13.9. The third-order valence-electron chi connectivity index (χ3n) is 3.63. The third kappa shape index (κ3) is 3.97. The summed E-state index contributed by atoms with van der Waals surface area (Å²) in [6.45, 7) is 0. The Hall–Kier alpha value is -1.53. The van der Waals surface area contributed by atoms with E-state index in [2.05, 4.69) is 11.4 Å². The van der Waals surface area contributed by atoms with Gasteiger partial charge in [-0.2, -0.15) is 5.26 Å². The smallest absolute Gasteiger partial charge is 0.224 e. The highest BCUT2D eigenvalue weighted by Crippen LogP contribution is 2.28. The molecule has 0 aromatic heterocycles. The highest BCUT2D eigenvalue weighted by molar-refractivity contribution is 6.31. The first-order valence-electron chi connectivity index (χ1n) is 6.68. The molecule has 3 nitrogen and oxygen atoms in total. The summed E-state index contributed by atoms with van der Waals surface area (Å²) in [6.07, 6.45) is 6.52. The Labute approximate surface area is 118 Å². The molecule has 100 valence electrons. The molecule has 1 aliphatic carbocycles. The molecule has 0 spiro atoms. The van der Waals surface area contributed by atoms with Gasteiger partial charge in [-0.3, -0.25) is 4.79 Å². The van der Waals surface area contributed by atoms with Crippen LogP contribution in [0.4, 0.5) is 5.69 Å². The van der Waals surface area contributed by atoms with Crippen molar-refractivity contribution in [3.05, 3.63) is 28.8 Å². The van der Waals surface area contributed by atoms with Gasteiger partial charge in [-0.25, -0.2) is 0 Å². The van der Waals surface area contributed by atoms with E-state index in [1.54, 1.807) is 18.2 Å². The standard InChI is InChI=1S/C15H17ClN2O/c16-13-7-6-12(10-17)14(9-13)18-15(19)8-5-11-3-1-2-4-11/h6-7,9,11H,1-5,8H2,(H,18,19). The zero-order chi connectivity index (χ0) is 13.7. The predicted octanol–water partition coefficient (Wildman–Crippen LogP) is 4.12. The molecule has 0 heterocycles. The van der Waals surface area contributed by atoms with E-state index in [4.69, 9.17) is 16.9 Å². The van der Waals surface area contributed by atoms with E-state index in [0.29, 0.717) is 28.6 Å². The van der Waals surface area contributed by atoms with Gasteiger partial charge in [0.15, 0.2) is 0 Å². The van der Waals surface area contributed by atoms with Crippen LogP contribution in [0.5, 0.6) is 0 Å². The van der Waals surface area contributed by atoms with Crippen LogP contribution in [0.15, 0.2) is 18.2 Å². The van der Waals surface area contributed by atoms with E-state index in [1.807, 2.05) is 0 Å². The second-order valence-electron chi connectivity index (χ2n) is 5.04. The topological polar surface area (TPSA) is 52.9 Å². The van der Waals surface area contributed by atoms with Crippen LogP contribution < -0.4 is 5.32 Å². The molecule has 1 aromatic carbocycles. The number of benzene rings is 1. The maximum Gasteiger partial charge on any atom is 0.224 e. The monoisotopic (exact) mass is 276 g/mol. The van der Waals surface area contributed by atoms with E-state index < -0.39 is 0 Å². The molecule has 2 rings (SSSR count). The molecule has 19 heavy (non-hydrogen) atoms. The highest BCUT2D eigenvalue weighted by Gasteiger charge is 2.16. The lowest BCUT2D eigenvalue weighted by Crippen LogP contribution is -2.13. The van der Waals surface area contributed by atoms with E-state index in [1.165, 1.54) is 25.7 Å². The molecule has 0 atom stereocenters. The fraction of sp³-hybridized carbons (Fsp3) is 0.467. The average Bonchev–Trinajstić information content (AvgIpc) is 2.90. The molecule has 1 aliphatic rings. The van der Waals surface area contributed by atoms with Crippen LogP contribution in [0.1, 0.15) is 44.1 Å². The Bertz CT molecular complexity index is 501. The van der Waals surface area contributed by atoms with Gasteiger partial charge in [0.2, 0.25) is 5.91 Å². The zero-order valence-electron chi connectivity index (χ0n) is 10.8. The number of halogens is 1. The predicted molar refractivity (Wildman–Crippen MR) is 76.0 cm³/mol. The van der Waals surface area contributed by atoms with Gasteiger partial charge in [-0.05, 0) is 30.5 Å². The summed E-state index contributed by atoms with van der Waals surface area (Å²) in [4.78, 5) is 11.9. The summed E-state index contributed by atoms with van der Waals surface area (Å²) in [7, 11) is 0. The Balaban J connectivity index is 1.91. The number of carbonyl (C=O) groups is 1.